The number of rotatable bonds is 2. The van der Waals surface area contributed by atoms with E-state index in [9.17, 15) is 0 Å². The number of nitrogens with one attached hydrogen (secondary N) is 1. The lowest BCUT2D eigenvalue weighted by atomic mass is 10.2. The summed E-state index contributed by atoms with van der Waals surface area (Å²) in [6.45, 7) is 3.72. The summed E-state index contributed by atoms with van der Waals surface area (Å²) in [7, 11) is 4.10. The molecule has 1 rings (SSSR count). The van der Waals surface area contributed by atoms with E-state index in [1.165, 1.54) is 5.70 Å². The Kier molecular flexibility index (Phi) is 2.65. The molecule has 0 aromatic rings. The van der Waals surface area contributed by atoms with Crippen molar-refractivity contribution >= 4 is 5.71 Å². The van der Waals surface area contributed by atoms with Crippen LogP contribution in [0.15, 0.2) is 16.8 Å². The molecule has 1 heterocycles. The van der Waals surface area contributed by atoms with E-state index < -0.39 is 0 Å². The van der Waals surface area contributed by atoms with E-state index >= 15 is 0 Å². The van der Waals surface area contributed by atoms with Gasteiger partial charge in [0.1, 0.15) is 6.67 Å². The first-order valence-electron chi connectivity index (χ1n) is 3.78. The second kappa shape index (κ2) is 3.53. The van der Waals surface area contributed by atoms with Crippen LogP contribution in [0.1, 0.15) is 6.92 Å². The van der Waals surface area contributed by atoms with Crippen LogP contribution >= 0.6 is 0 Å². The molecule has 1 aliphatic heterocycles. The minimum absolute atomic E-state index is 0.728. The van der Waals surface area contributed by atoms with E-state index in [0.717, 1.165) is 18.9 Å². The van der Waals surface area contributed by atoms with Gasteiger partial charge in [-0.1, -0.05) is 0 Å². The molecule has 1 aliphatic rings. The highest BCUT2D eigenvalue weighted by atomic mass is 15.1. The molecule has 1 N–H and O–H groups in total. The van der Waals surface area contributed by atoms with Crippen LogP contribution in [-0.4, -0.2) is 37.9 Å². The van der Waals surface area contributed by atoms with E-state index in [-0.39, 0.29) is 0 Å². The second-order valence-corrected chi connectivity index (χ2v) is 3.05. The summed E-state index contributed by atoms with van der Waals surface area (Å²) in [5.41, 5.74) is 2.36. The number of hydrogen-bond acceptors (Lipinski definition) is 3. The molecule has 0 aromatic carbocycles. The zero-order valence-electron chi connectivity index (χ0n) is 7.39. The molecular weight excluding hydrogens is 138 g/mol. The smallest absolute Gasteiger partial charge is 0.107 e. The van der Waals surface area contributed by atoms with Crippen molar-refractivity contribution in [2.24, 2.45) is 4.99 Å². The first-order valence-corrected chi connectivity index (χ1v) is 3.78. The summed E-state index contributed by atoms with van der Waals surface area (Å²) in [5, 5.41) is 3.14. The fourth-order valence-electron chi connectivity index (χ4n) is 1.03. The van der Waals surface area contributed by atoms with Crippen LogP contribution in [0.5, 0.6) is 0 Å². The summed E-state index contributed by atoms with van der Waals surface area (Å²) >= 11 is 0. The van der Waals surface area contributed by atoms with Gasteiger partial charge in [-0.2, -0.15) is 0 Å². The highest BCUT2D eigenvalue weighted by Gasteiger charge is 2.02. The lowest BCUT2D eigenvalue weighted by molar-refractivity contribution is 0.469. The molecule has 0 radical (unpaired) electrons. The van der Waals surface area contributed by atoms with Gasteiger partial charge in [-0.25, -0.2) is 0 Å². The van der Waals surface area contributed by atoms with Crippen LogP contribution in [0, 0.1) is 0 Å². The summed E-state index contributed by atoms with van der Waals surface area (Å²) in [6.07, 6.45) is 2.09. The van der Waals surface area contributed by atoms with Gasteiger partial charge in [-0.05, 0) is 27.1 Å². The molecule has 62 valence electrons. The number of allylic oxidation sites excluding steroid dienone is 1. The Labute approximate surface area is 67.8 Å². The molecule has 0 aromatic heterocycles. The summed E-state index contributed by atoms with van der Waals surface area (Å²) in [4.78, 5) is 6.43. The van der Waals surface area contributed by atoms with Crippen LogP contribution in [0.25, 0.3) is 0 Å². The Morgan fingerprint density at radius 3 is 2.91 bits per heavy atom. The van der Waals surface area contributed by atoms with Crippen LogP contribution in [0.2, 0.25) is 0 Å². The lowest BCUT2D eigenvalue weighted by Crippen LogP contribution is -2.26. The van der Waals surface area contributed by atoms with E-state index in [1.807, 2.05) is 14.1 Å². The highest BCUT2D eigenvalue weighted by molar-refractivity contribution is 5.97. The molecule has 0 unspecified atom stereocenters. The Morgan fingerprint density at radius 2 is 2.36 bits per heavy atom. The minimum atomic E-state index is 0.728. The monoisotopic (exact) mass is 153 g/mol. The predicted octanol–water partition coefficient (Wildman–Crippen LogP) is 0.454. The van der Waals surface area contributed by atoms with Gasteiger partial charge in [-0.3, -0.25) is 4.99 Å². The first-order chi connectivity index (χ1) is 5.18. The molecule has 0 saturated heterocycles. The second-order valence-electron chi connectivity index (χ2n) is 3.05. The van der Waals surface area contributed by atoms with Gasteiger partial charge in [0.15, 0.2) is 0 Å². The normalized spacial score (nSPS) is 17.5. The Balaban J connectivity index is 2.52. The predicted molar refractivity (Wildman–Crippen MR) is 47.7 cm³/mol. The van der Waals surface area contributed by atoms with Crippen molar-refractivity contribution in [2.45, 2.75) is 6.92 Å². The van der Waals surface area contributed by atoms with Crippen LogP contribution < -0.4 is 5.32 Å². The molecule has 0 bridgehead atoms. The molecule has 11 heavy (non-hydrogen) atoms. The summed E-state index contributed by atoms with van der Waals surface area (Å²) in [5.74, 6) is 0. The molecular formula is C8H15N3. The Bertz CT molecular complexity index is 192. The maximum Gasteiger partial charge on any atom is 0.107 e. The van der Waals surface area contributed by atoms with Crippen molar-refractivity contribution in [3.63, 3.8) is 0 Å². The topological polar surface area (TPSA) is 27.6 Å². The Morgan fingerprint density at radius 1 is 1.64 bits per heavy atom. The van der Waals surface area contributed by atoms with E-state index in [2.05, 4.69) is 28.2 Å². The van der Waals surface area contributed by atoms with E-state index in [0.29, 0.717) is 0 Å². The molecule has 0 spiro atoms. The Hall–Kier alpha value is -0.830. The third kappa shape index (κ3) is 2.72. The largest absolute Gasteiger partial charge is 0.370 e. The van der Waals surface area contributed by atoms with E-state index in [1.54, 1.807) is 0 Å². The highest BCUT2D eigenvalue weighted by Crippen LogP contribution is 1.96. The zero-order valence-corrected chi connectivity index (χ0v) is 7.39. The molecule has 0 atom stereocenters. The van der Waals surface area contributed by atoms with Crippen LogP contribution in [0.4, 0.5) is 0 Å². The third-order valence-electron chi connectivity index (χ3n) is 1.50. The standard InChI is InChI=1S/C8H15N3/c1-7-4-8(5-11(2)3)10-6-9-7/h4,9H,5-6H2,1-3H3. The van der Waals surface area contributed by atoms with Crippen molar-refractivity contribution in [1.29, 1.82) is 0 Å². The van der Waals surface area contributed by atoms with Crippen LogP contribution in [0.3, 0.4) is 0 Å². The quantitative estimate of drug-likeness (QED) is 0.624. The van der Waals surface area contributed by atoms with Gasteiger partial charge < -0.3 is 10.2 Å². The van der Waals surface area contributed by atoms with Gasteiger partial charge in [-0.15, -0.1) is 0 Å². The SMILES string of the molecule is CC1=CC(CN(C)C)=NCN1. The van der Waals surface area contributed by atoms with E-state index in [4.69, 9.17) is 0 Å². The maximum absolute atomic E-state index is 4.31. The van der Waals surface area contributed by atoms with Gasteiger partial charge in [0, 0.05) is 12.2 Å². The molecule has 0 amide bonds. The van der Waals surface area contributed by atoms with Crippen LogP contribution in [-0.2, 0) is 0 Å². The van der Waals surface area contributed by atoms with Gasteiger partial charge in [0.25, 0.3) is 0 Å². The van der Waals surface area contributed by atoms with Gasteiger partial charge in [0.2, 0.25) is 0 Å². The van der Waals surface area contributed by atoms with Crippen molar-refractivity contribution in [2.75, 3.05) is 27.3 Å². The molecule has 0 saturated carbocycles. The van der Waals surface area contributed by atoms with Crippen molar-refractivity contribution in [3.8, 4) is 0 Å². The van der Waals surface area contributed by atoms with Crippen molar-refractivity contribution < 1.29 is 0 Å². The third-order valence-corrected chi connectivity index (χ3v) is 1.50. The minimum Gasteiger partial charge on any atom is -0.370 e. The first kappa shape index (κ1) is 8.27. The number of nitrogens with zero attached hydrogens (tertiary/aromatic N) is 2. The average Bonchev–Trinajstić information content (AvgIpc) is 1.85. The van der Waals surface area contributed by atoms with Gasteiger partial charge in [0.05, 0.1) is 5.71 Å². The lowest BCUT2D eigenvalue weighted by Gasteiger charge is -2.15. The molecule has 0 fully saturated rings. The van der Waals surface area contributed by atoms with Crippen molar-refractivity contribution in [3.05, 3.63) is 11.8 Å². The molecule has 0 aliphatic carbocycles. The zero-order chi connectivity index (χ0) is 8.27. The summed E-state index contributed by atoms with van der Waals surface area (Å²) < 4.78 is 0. The van der Waals surface area contributed by atoms with Crippen molar-refractivity contribution in [1.82, 2.24) is 10.2 Å². The molecule has 3 nitrogen and oxygen atoms in total. The number of aliphatic imine (C=N–C) groups is 1. The molecule has 3 heteroatoms. The number of hydrogen-bond donors (Lipinski definition) is 1. The average molecular weight is 153 g/mol. The van der Waals surface area contributed by atoms with Gasteiger partial charge >= 0.3 is 0 Å². The fourth-order valence-corrected chi connectivity index (χ4v) is 1.03. The fraction of sp³-hybridized carbons (Fsp3) is 0.625. The maximum atomic E-state index is 4.31. The summed E-state index contributed by atoms with van der Waals surface area (Å²) in [6, 6.07) is 0.